The molecule has 1 N–H and O–H groups in total. The highest BCUT2D eigenvalue weighted by Crippen LogP contribution is 2.21. The van der Waals surface area contributed by atoms with E-state index in [0.29, 0.717) is 5.01 Å². The molecule has 1 aromatic rings. The van der Waals surface area contributed by atoms with Crippen LogP contribution in [0.4, 0.5) is 13.2 Å². The lowest BCUT2D eigenvalue weighted by Crippen LogP contribution is -2.56. The fourth-order valence-corrected chi connectivity index (χ4v) is 2.76. The Labute approximate surface area is 124 Å². The lowest BCUT2D eigenvalue weighted by molar-refractivity contribution is -0.167. The number of nitrogens with one attached hydrogen (secondary N) is 1. The van der Waals surface area contributed by atoms with E-state index >= 15 is 0 Å². The third-order valence-corrected chi connectivity index (χ3v) is 4.06. The van der Waals surface area contributed by atoms with Crippen molar-refractivity contribution in [1.82, 2.24) is 15.2 Å². The highest BCUT2D eigenvalue weighted by molar-refractivity contribution is 7.09. The molecule has 0 radical (unpaired) electrons. The lowest BCUT2D eigenvalue weighted by atomic mass is 10.2. The Bertz CT molecular complexity index is 467. The number of hydrogen-bond acceptors (Lipinski definition) is 5. The molecule has 0 spiro atoms. The first kappa shape index (κ1) is 16.2. The third-order valence-electron chi connectivity index (χ3n) is 3.10. The van der Waals surface area contributed by atoms with Crippen LogP contribution in [0.5, 0.6) is 0 Å². The van der Waals surface area contributed by atoms with Gasteiger partial charge in [0, 0.05) is 18.1 Å². The van der Waals surface area contributed by atoms with Gasteiger partial charge in [0.05, 0.1) is 25.8 Å². The Kier molecular flexibility index (Phi) is 5.17. The molecule has 2 rings (SSSR count). The van der Waals surface area contributed by atoms with Crippen LogP contribution in [0.3, 0.4) is 0 Å². The maximum absolute atomic E-state index is 12.5. The van der Waals surface area contributed by atoms with E-state index in [4.69, 9.17) is 4.74 Å². The first-order chi connectivity index (χ1) is 9.87. The van der Waals surface area contributed by atoms with Gasteiger partial charge in [-0.2, -0.15) is 13.2 Å². The average Bonchev–Trinajstić information content (AvgIpc) is 2.91. The number of aromatic nitrogens is 1. The van der Waals surface area contributed by atoms with Crippen LogP contribution in [-0.2, 0) is 9.53 Å². The van der Waals surface area contributed by atoms with Crippen LogP contribution >= 0.6 is 11.3 Å². The Balaban J connectivity index is 1.98. The molecule has 1 amide bonds. The molecule has 1 fully saturated rings. The minimum Gasteiger partial charge on any atom is -0.378 e. The molecule has 2 unspecified atom stereocenters. The predicted octanol–water partition coefficient (Wildman–Crippen LogP) is 1.58. The summed E-state index contributed by atoms with van der Waals surface area (Å²) in [5, 5.41) is 5.17. The van der Waals surface area contributed by atoms with Crippen LogP contribution < -0.4 is 5.32 Å². The van der Waals surface area contributed by atoms with Gasteiger partial charge < -0.3 is 10.1 Å². The number of rotatable bonds is 4. The van der Waals surface area contributed by atoms with Crippen molar-refractivity contribution in [3.05, 3.63) is 16.6 Å². The Hall–Kier alpha value is -1.19. The molecule has 1 aromatic heterocycles. The summed E-state index contributed by atoms with van der Waals surface area (Å²) in [6.45, 7) is 0.881. The summed E-state index contributed by atoms with van der Waals surface area (Å²) in [6, 6.07) is -1.27. The topological polar surface area (TPSA) is 54.5 Å². The van der Waals surface area contributed by atoms with Crippen molar-refractivity contribution in [3.63, 3.8) is 0 Å². The monoisotopic (exact) mass is 323 g/mol. The van der Waals surface area contributed by atoms with Crippen LogP contribution in [0.2, 0.25) is 0 Å². The van der Waals surface area contributed by atoms with Crippen molar-refractivity contribution in [3.8, 4) is 0 Å². The number of alkyl halides is 3. The normalized spacial score (nSPS) is 22.0. The number of carbonyl (C=O) groups is 1. The zero-order chi connectivity index (χ0) is 15.5. The molecule has 5 nitrogen and oxygen atoms in total. The lowest BCUT2D eigenvalue weighted by Gasteiger charge is -2.35. The molecule has 0 aromatic carbocycles. The van der Waals surface area contributed by atoms with Crippen molar-refractivity contribution < 1.29 is 22.7 Å². The van der Waals surface area contributed by atoms with Crippen LogP contribution in [-0.4, -0.2) is 54.3 Å². The van der Waals surface area contributed by atoms with Crippen molar-refractivity contribution >= 4 is 17.2 Å². The molecule has 1 aliphatic rings. The van der Waals surface area contributed by atoms with E-state index in [9.17, 15) is 18.0 Å². The summed E-state index contributed by atoms with van der Waals surface area (Å²) >= 11 is 1.38. The van der Waals surface area contributed by atoms with Gasteiger partial charge in [0.1, 0.15) is 11.0 Å². The Morgan fingerprint density at radius 2 is 2.43 bits per heavy atom. The first-order valence-electron chi connectivity index (χ1n) is 6.45. The highest BCUT2D eigenvalue weighted by atomic mass is 32.1. The SMILES string of the molecule is CC(NC(=O)C1COCCN1CC(F)(F)F)c1nccs1. The van der Waals surface area contributed by atoms with Gasteiger partial charge in [-0.15, -0.1) is 11.3 Å². The standard InChI is InChI=1S/C12H16F3N3O2S/c1-8(11-16-2-5-21-11)17-10(19)9-6-20-4-3-18(9)7-12(13,14)15/h2,5,8-9H,3-4,6-7H2,1H3,(H,17,19). The molecular formula is C12H16F3N3O2S. The first-order valence-corrected chi connectivity index (χ1v) is 7.33. The van der Waals surface area contributed by atoms with Crippen molar-refractivity contribution in [2.24, 2.45) is 0 Å². The fourth-order valence-electron chi connectivity index (χ4n) is 2.12. The minimum absolute atomic E-state index is 0.0352. The van der Waals surface area contributed by atoms with Crippen LogP contribution in [0.1, 0.15) is 18.0 Å². The molecule has 1 saturated heterocycles. The van der Waals surface area contributed by atoms with Crippen molar-refractivity contribution in [2.75, 3.05) is 26.3 Å². The molecule has 0 saturated carbocycles. The number of hydrogen-bond donors (Lipinski definition) is 1. The summed E-state index contributed by atoms with van der Waals surface area (Å²) in [6.07, 6.45) is -2.72. The Morgan fingerprint density at radius 1 is 1.67 bits per heavy atom. The van der Waals surface area contributed by atoms with E-state index in [1.807, 2.05) is 0 Å². The molecule has 0 bridgehead atoms. The Morgan fingerprint density at radius 3 is 3.05 bits per heavy atom. The van der Waals surface area contributed by atoms with Crippen molar-refractivity contribution in [2.45, 2.75) is 25.2 Å². The molecule has 9 heteroatoms. The summed E-state index contributed by atoms with van der Waals surface area (Å²) in [5.74, 6) is -0.471. The van der Waals surface area contributed by atoms with Gasteiger partial charge in [0.15, 0.2) is 0 Å². The minimum atomic E-state index is -4.34. The summed E-state index contributed by atoms with van der Waals surface area (Å²) in [4.78, 5) is 17.4. The van der Waals surface area contributed by atoms with Crippen LogP contribution in [0, 0.1) is 0 Å². The van der Waals surface area contributed by atoms with Crippen molar-refractivity contribution in [1.29, 1.82) is 0 Å². The van der Waals surface area contributed by atoms with E-state index < -0.39 is 24.7 Å². The zero-order valence-electron chi connectivity index (χ0n) is 11.4. The second-order valence-electron chi connectivity index (χ2n) is 4.78. The third kappa shape index (κ3) is 4.65. The molecule has 1 aliphatic heterocycles. The number of morpholine rings is 1. The van der Waals surface area contributed by atoms with E-state index in [0.717, 1.165) is 4.90 Å². The van der Waals surface area contributed by atoms with Gasteiger partial charge in [-0.1, -0.05) is 0 Å². The largest absolute Gasteiger partial charge is 0.401 e. The molecule has 21 heavy (non-hydrogen) atoms. The quantitative estimate of drug-likeness (QED) is 0.914. The van der Waals surface area contributed by atoms with Crippen LogP contribution in [0.25, 0.3) is 0 Å². The van der Waals surface area contributed by atoms with E-state index in [2.05, 4.69) is 10.3 Å². The molecule has 2 atom stereocenters. The maximum Gasteiger partial charge on any atom is 0.401 e. The zero-order valence-corrected chi connectivity index (χ0v) is 12.2. The second kappa shape index (κ2) is 6.71. The van der Waals surface area contributed by atoms with Gasteiger partial charge in [0.25, 0.3) is 0 Å². The number of carbonyl (C=O) groups excluding carboxylic acids is 1. The smallest absolute Gasteiger partial charge is 0.378 e. The van der Waals surface area contributed by atoms with Gasteiger partial charge in [-0.05, 0) is 6.92 Å². The molecule has 118 valence electrons. The summed E-state index contributed by atoms with van der Waals surface area (Å²) in [7, 11) is 0. The summed E-state index contributed by atoms with van der Waals surface area (Å²) < 4.78 is 42.8. The average molecular weight is 323 g/mol. The highest BCUT2D eigenvalue weighted by Gasteiger charge is 2.38. The molecule has 2 heterocycles. The molecule has 0 aliphatic carbocycles. The van der Waals surface area contributed by atoms with Gasteiger partial charge in [0.2, 0.25) is 5.91 Å². The van der Waals surface area contributed by atoms with E-state index in [-0.39, 0.29) is 25.8 Å². The van der Waals surface area contributed by atoms with Gasteiger partial charge in [-0.3, -0.25) is 9.69 Å². The van der Waals surface area contributed by atoms with Gasteiger partial charge >= 0.3 is 6.18 Å². The number of thiazole rings is 1. The maximum atomic E-state index is 12.5. The number of amides is 1. The number of nitrogens with zero attached hydrogens (tertiary/aromatic N) is 2. The van der Waals surface area contributed by atoms with E-state index in [1.54, 1.807) is 18.5 Å². The fraction of sp³-hybridized carbons (Fsp3) is 0.667. The van der Waals surface area contributed by atoms with Crippen LogP contribution in [0.15, 0.2) is 11.6 Å². The summed E-state index contributed by atoms with van der Waals surface area (Å²) in [5.41, 5.74) is 0. The predicted molar refractivity (Wildman–Crippen MR) is 70.9 cm³/mol. The van der Waals surface area contributed by atoms with E-state index in [1.165, 1.54) is 11.3 Å². The second-order valence-corrected chi connectivity index (χ2v) is 5.70. The number of ether oxygens (including phenoxy) is 1. The van der Waals surface area contributed by atoms with Gasteiger partial charge in [-0.25, -0.2) is 4.98 Å². The molecular weight excluding hydrogens is 307 g/mol. The number of halogens is 3.